The zero-order valence-electron chi connectivity index (χ0n) is 13.8. The molecule has 0 aromatic heterocycles. The summed E-state index contributed by atoms with van der Waals surface area (Å²) in [6, 6.07) is 0. The summed E-state index contributed by atoms with van der Waals surface area (Å²) in [5.74, 6) is 0. The Morgan fingerprint density at radius 2 is 1.53 bits per heavy atom. The van der Waals surface area contributed by atoms with Crippen LogP contribution in [0, 0.1) is 5.41 Å². The first kappa shape index (κ1) is 15.3. The van der Waals surface area contributed by atoms with Crippen molar-refractivity contribution in [3.8, 4) is 0 Å². The molecule has 3 nitrogen and oxygen atoms in total. The first-order valence-electron chi connectivity index (χ1n) is 7.71. The molecule has 0 bridgehead atoms. The van der Waals surface area contributed by atoms with Gasteiger partial charge in [-0.25, -0.2) is 0 Å². The molecule has 0 unspecified atom stereocenters. The summed E-state index contributed by atoms with van der Waals surface area (Å²) < 4.78 is 5.77. The van der Waals surface area contributed by atoms with Crippen LogP contribution < -0.4 is 0 Å². The topological polar surface area (TPSA) is 15.7 Å². The monoisotopic (exact) mass is 268 g/mol. The summed E-state index contributed by atoms with van der Waals surface area (Å²) in [6.07, 6.45) is 1.16. The molecule has 19 heavy (non-hydrogen) atoms. The van der Waals surface area contributed by atoms with Crippen molar-refractivity contribution in [2.24, 2.45) is 5.41 Å². The minimum absolute atomic E-state index is 0.0113. The van der Waals surface area contributed by atoms with Gasteiger partial charge in [0, 0.05) is 50.3 Å². The third-order valence-corrected chi connectivity index (χ3v) is 4.27. The fourth-order valence-electron chi connectivity index (χ4n) is 3.16. The second-order valence-corrected chi connectivity index (χ2v) is 8.55. The Kier molecular flexibility index (Phi) is 4.03. The fourth-order valence-corrected chi connectivity index (χ4v) is 3.16. The van der Waals surface area contributed by atoms with Gasteiger partial charge in [0.25, 0.3) is 0 Å². The van der Waals surface area contributed by atoms with Crippen LogP contribution in [0.2, 0.25) is 0 Å². The molecule has 2 aliphatic rings. The third kappa shape index (κ3) is 3.93. The molecule has 0 saturated carbocycles. The predicted octanol–water partition coefficient (Wildman–Crippen LogP) is 2.61. The van der Waals surface area contributed by atoms with E-state index >= 15 is 0 Å². The number of hydrogen-bond donors (Lipinski definition) is 0. The lowest BCUT2D eigenvalue weighted by molar-refractivity contribution is -0.145. The van der Waals surface area contributed by atoms with Gasteiger partial charge in [0.2, 0.25) is 0 Å². The Morgan fingerprint density at radius 3 is 2.00 bits per heavy atom. The van der Waals surface area contributed by atoms with E-state index in [4.69, 9.17) is 4.74 Å². The number of rotatable bonds is 4. The Bertz CT molecular complexity index is 300. The van der Waals surface area contributed by atoms with E-state index in [2.05, 4.69) is 51.3 Å². The molecule has 0 aromatic rings. The quantitative estimate of drug-likeness (QED) is 0.729. The maximum atomic E-state index is 5.77. The molecular weight excluding hydrogens is 236 g/mol. The van der Waals surface area contributed by atoms with Gasteiger partial charge >= 0.3 is 0 Å². The summed E-state index contributed by atoms with van der Waals surface area (Å²) in [6.45, 7) is 20.6. The lowest BCUT2D eigenvalue weighted by Gasteiger charge is -2.63. The van der Waals surface area contributed by atoms with Crippen molar-refractivity contribution in [1.82, 2.24) is 9.80 Å². The van der Waals surface area contributed by atoms with Crippen molar-refractivity contribution in [2.45, 2.75) is 59.1 Å². The van der Waals surface area contributed by atoms with E-state index in [1.807, 2.05) is 0 Å². The largest absolute Gasteiger partial charge is 0.376 e. The van der Waals surface area contributed by atoms with Crippen LogP contribution in [-0.2, 0) is 4.74 Å². The van der Waals surface area contributed by atoms with Gasteiger partial charge in [0.15, 0.2) is 0 Å². The Balaban J connectivity index is 1.56. The highest BCUT2D eigenvalue weighted by Gasteiger charge is 2.53. The predicted molar refractivity (Wildman–Crippen MR) is 80.5 cm³/mol. The van der Waals surface area contributed by atoms with E-state index in [-0.39, 0.29) is 5.60 Å². The summed E-state index contributed by atoms with van der Waals surface area (Å²) in [5.41, 5.74) is 1.00. The standard InChI is InChI=1S/C16H32N2O/c1-14(2,3)18-12-16(13-18)10-17(11-16)8-7-9-19-15(4,5)6/h7-13H2,1-6H3. The van der Waals surface area contributed by atoms with Crippen LogP contribution in [0.5, 0.6) is 0 Å². The van der Waals surface area contributed by atoms with E-state index in [0.717, 1.165) is 13.0 Å². The second-order valence-electron chi connectivity index (χ2n) is 8.55. The lowest BCUT2D eigenvalue weighted by Crippen LogP contribution is -2.74. The highest BCUT2D eigenvalue weighted by molar-refractivity contribution is 5.07. The molecule has 2 aliphatic heterocycles. The van der Waals surface area contributed by atoms with Crippen molar-refractivity contribution < 1.29 is 4.74 Å². The maximum Gasteiger partial charge on any atom is 0.0598 e. The summed E-state index contributed by atoms with van der Waals surface area (Å²) in [4.78, 5) is 5.19. The highest BCUT2D eigenvalue weighted by atomic mass is 16.5. The van der Waals surface area contributed by atoms with Crippen molar-refractivity contribution in [2.75, 3.05) is 39.3 Å². The zero-order chi connectivity index (χ0) is 14.3. The van der Waals surface area contributed by atoms with Crippen LogP contribution in [0.3, 0.4) is 0 Å². The van der Waals surface area contributed by atoms with Gasteiger partial charge in [0.05, 0.1) is 5.60 Å². The molecular formula is C16H32N2O. The smallest absolute Gasteiger partial charge is 0.0598 e. The first-order valence-corrected chi connectivity index (χ1v) is 7.71. The Morgan fingerprint density at radius 1 is 0.947 bits per heavy atom. The van der Waals surface area contributed by atoms with E-state index in [1.165, 1.54) is 32.7 Å². The van der Waals surface area contributed by atoms with Gasteiger partial charge in [-0.3, -0.25) is 4.90 Å². The van der Waals surface area contributed by atoms with Crippen LogP contribution in [0.4, 0.5) is 0 Å². The van der Waals surface area contributed by atoms with Crippen LogP contribution in [-0.4, -0.2) is 60.3 Å². The molecule has 0 radical (unpaired) electrons. The summed E-state index contributed by atoms with van der Waals surface area (Å²) in [7, 11) is 0. The molecule has 0 aromatic carbocycles. The average molecular weight is 268 g/mol. The molecule has 0 atom stereocenters. The maximum absolute atomic E-state index is 5.77. The number of nitrogens with zero attached hydrogens (tertiary/aromatic N) is 2. The second kappa shape index (κ2) is 5.01. The van der Waals surface area contributed by atoms with Crippen LogP contribution in [0.1, 0.15) is 48.0 Å². The van der Waals surface area contributed by atoms with E-state index in [1.54, 1.807) is 0 Å². The molecule has 0 N–H and O–H groups in total. The molecule has 1 spiro atoms. The lowest BCUT2D eigenvalue weighted by atomic mass is 9.71. The average Bonchev–Trinajstić information content (AvgIpc) is 2.07. The number of ether oxygens (including phenoxy) is 1. The van der Waals surface area contributed by atoms with Crippen LogP contribution >= 0.6 is 0 Å². The molecule has 3 heteroatoms. The van der Waals surface area contributed by atoms with Crippen LogP contribution in [0.15, 0.2) is 0 Å². The van der Waals surface area contributed by atoms with Crippen molar-refractivity contribution in [3.05, 3.63) is 0 Å². The van der Waals surface area contributed by atoms with E-state index < -0.39 is 0 Å². The molecule has 112 valence electrons. The molecule has 0 aliphatic carbocycles. The molecule has 2 fully saturated rings. The molecule has 0 amide bonds. The first-order chi connectivity index (χ1) is 8.60. The van der Waals surface area contributed by atoms with Gasteiger partial charge in [-0.05, 0) is 48.0 Å². The van der Waals surface area contributed by atoms with Crippen LogP contribution in [0.25, 0.3) is 0 Å². The highest BCUT2D eigenvalue weighted by Crippen LogP contribution is 2.42. The van der Waals surface area contributed by atoms with Crippen molar-refractivity contribution in [3.63, 3.8) is 0 Å². The van der Waals surface area contributed by atoms with E-state index in [0.29, 0.717) is 11.0 Å². The van der Waals surface area contributed by atoms with E-state index in [9.17, 15) is 0 Å². The zero-order valence-corrected chi connectivity index (χ0v) is 13.8. The minimum atomic E-state index is 0.0113. The Hall–Kier alpha value is -0.120. The number of likely N-dealkylation sites (tertiary alicyclic amines) is 2. The normalized spacial score (nSPS) is 24.3. The summed E-state index contributed by atoms with van der Waals surface area (Å²) in [5, 5.41) is 0. The van der Waals surface area contributed by atoms with Gasteiger partial charge < -0.3 is 9.64 Å². The molecule has 2 rings (SSSR count). The SMILES string of the molecule is CC(C)(C)OCCCN1CC2(C1)CN(C(C)(C)C)C2. The van der Waals surface area contributed by atoms with Gasteiger partial charge in [0.1, 0.15) is 0 Å². The Labute approximate surface area is 119 Å². The van der Waals surface area contributed by atoms with Gasteiger partial charge in [-0.1, -0.05) is 0 Å². The third-order valence-electron chi connectivity index (χ3n) is 4.27. The van der Waals surface area contributed by atoms with Crippen molar-refractivity contribution >= 4 is 0 Å². The molecule has 2 heterocycles. The summed E-state index contributed by atoms with van der Waals surface area (Å²) >= 11 is 0. The van der Waals surface area contributed by atoms with Crippen molar-refractivity contribution in [1.29, 1.82) is 0 Å². The van der Waals surface area contributed by atoms with Gasteiger partial charge in [-0.2, -0.15) is 0 Å². The van der Waals surface area contributed by atoms with Gasteiger partial charge in [-0.15, -0.1) is 0 Å². The number of hydrogen-bond acceptors (Lipinski definition) is 3. The fraction of sp³-hybridized carbons (Fsp3) is 1.00. The molecule has 2 saturated heterocycles. The minimum Gasteiger partial charge on any atom is -0.376 e.